The van der Waals surface area contributed by atoms with Gasteiger partial charge in [0.15, 0.2) is 0 Å². The number of ether oxygens (including phenoxy) is 1. The molecule has 5 heteroatoms. The molecule has 0 aromatic rings. The van der Waals surface area contributed by atoms with E-state index in [1.807, 2.05) is 0 Å². The third-order valence-electron chi connectivity index (χ3n) is 1.54. The van der Waals surface area contributed by atoms with Gasteiger partial charge >= 0.3 is 0 Å². The van der Waals surface area contributed by atoms with E-state index in [9.17, 15) is 4.79 Å². The number of amides is 1. The highest BCUT2D eigenvalue weighted by Gasteiger charge is 2.09. The van der Waals surface area contributed by atoms with Crippen LogP contribution in [0, 0.1) is 0 Å². The van der Waals surface area contributed by atoms with Gasteiger partial charge in [0.2, 0.25) is 5.91 Å². The van der Waals surface area contributed by atoms with E-state index in [2.05, 4.69) is 11.9 Å². The number of nitrogens with two attached hydrogens (primary N) is 1. The molecule has 1 unspecified atom stereocenters. The van der Waals surface area contributed by atoms with Gasteiger partial charge < -0.3 is 20.9 Å². The van der Waals surface area contributed by atoms with E-state index in [1.165, 1.54) is 0 Å². The predicted molar refractivity (Wildman–Crippen MR) is 53.7 cm³/mol. The molecule has 1 amide bonds. The number of nitrogens with one attached hydrogen (secondary N) is 1. The van der Waals surface area contributed by atoms with Gasteiger partial charge in [-0.15, -0.1) is 6.58 Å². The van der Waals surface area contributed by atoms with Crippen molar-refractivity contribution < 1.29 is 14.6 Å². The summed E-state index contributed by atoms with van der Waals surface area (Å²) in [6, 6.07) is -0.537. The quantitative estimate of drug-likeness (QED) is 0.349. The van der Waals surface area contributed by atoms with Crippen LogP contribution in [0.4, 0.5) is 0 Å². The third kappa shape index (κ3) is 6.59. The number of aliphatic hydroxyl groups is 1. The highest BCUT2D eigenvalue weighted by molar-refractivity contribution is 5.81. The molecular weight excluding hydrogens is 184 g/mol. The van der Waals surface area contributed by atoms with Gasteiger partial charge in [-0.2, -0.15) is 0 Å². The molecule has 0 aliphatic carbocycles. The fourth-order valence-electron chi connectivity index (χ4n) is 0.831. The summed E-state index contributed by atoms with van der Waals surface area (Å²) in [6.45, 7) is 4.56. The number of hydrogen-bond acceptors (Lipinski definition) is 4. The summed E-state index contributed by atoms with van der Waals surface area (Å²) in [5.74, 6) is -0.211. The van der Waals surface area contributed by atoms with Crippen LogP contribution in [0.2, 0.25) is 0 Å². The minimum absolute atomic E-state index is 0.01000. The Bertz CT molecular complexity index is 173. The van der Waals surface area contributed by atoms with Gasteiger partial charge in [0.05, 0.1) is 25.9 Å². The van der Waals surface area contributed by atoms with Crippen molar-refractivity contribution in [2.75, 3.05) is 26.4 Å². The van der Waals surface area contributed by atoms with Crippen molar-refractivity contribution >= 4 is 5.91 Å². The van der Waals surface area contributed by atoms with Crippen molar-refractivity contribution in [3.63, 3.8) is 0 Å². The van der Waals surface area contributed by atoms with Gasteiger partial charge in [0, 0.05) is 6.54 Å². The molecule has 4 N–H and O–H groups in total. The van der Waals surface area contributed by atoms with E-state index in [0.717, 1.165) is 0 Å². The zero-order valence-electron chi connectivity index (χ0n) is 8.24. The first-order chi connectivity index (χ1) is 6.72. The first-order valence-electron chi connectivity index (χ1n) is 4.55. The van der Waals surface area contributed by atoms with Crippen molar-refractivity contribution in [2.24, 2.45) is 5.73 Å². The van der Waals surface area contributed by atoms with E-state index in [1.54, 1.807) is 6.08 Å². The Kier molecular flexibility index (Phi) is 8.11. The third-order valence-corrected chi connectivity index (χ3v) is 1.54. The molecule has 0 aliphatic heterocycles. The fourth-order valence-corrected chi connectivity index (χ4v) is 0.831. The monoisotopic (exact) mass is 202 g/mol. The highest BCUT2D eigenvalue weighted by Crippen LogP contribution is 1.87. The molecule has 0 aromatic heterocycles. The first kappa shape index (κ1) is 13.1. The number of aliphatic hydroxyl groups excluding tert-OH is 1. The van der Waals surface area contributed by atoms with E-state index < -0.39 is 6.04 Å². The molecule has 0 aromatic carbocycles. The van der Waals surface area contributed by atoms with E-state index in [4.69, 9.17) is 15.6 Å². The number of rotatable bonds is 8. The lowest BCUT2D eigenvalue weighted by atomic mass is 10.2. The fraction of sp³-hybridized carbons (Fsp3) is 0.667. The van der Waals surface area contributed by atoms with Crippen LogP contribution >= 0.6 is 0 Å². The van der Waals surface area contributed by atoms with Crippen LogP contribution in [0.3, 0.4) is 0 Å². The van der Waals surface area contributed by atoms with Gasteiger partial charge in [-0.1, -0.05) is 6.08 Å². The van der Waals surface area contributed by atoms with E-state index in [-0.39, 0.29) is 19.1 Å². The maximum Gasteiger partial charge on any atom is 0.237 e. The lowest BCUT2D eigenvalue weighted by Gasteiger charge is -2.09. The van der Waals surface area contributed by atoms with Crippen LogP contribution in [0.15, 0.2) is 12.7 Å². The summed E-state index contributed by atoms with van der Waals surface area (Å²) >= 11 is 0. The summed E-state index contributed by atoms with van der Waals surface area (Å²) in [7, 11) is 0. The molecule has 0 saturated heterocycles. The van der Waals surface area contributed by atoms with Crippen molar-refractivity contribution in [3.05, 3.63) is 12.7 Å². The predicted octanol–water partition coefficient (Wildman–Crippen LogP) is -0.985. The minimum atomic E-state index is -0.537. The normalized spacial score (nSPS) is 12.1. The van der Waals surface area contributed by atoms with E-state index >= 15 is 0 Å². The van der Waals surface area contributed by atoms with Crippen LogP contribution in [0.25, 0.3) is 0 Å². The summed E-state index contributed by atoms with van der Waals surface area (Å²) < 4.78 is 4.95. The highest BCUT2D eigenvalue weighted by atomic mass is 16.5. The van der Waals surface area contributed by atoms with Crippen molar-refractivity contribution in [2.45, 2.75) is 12.5 Å². The second-order valence-corrected chi connectivity index (χ2v) is 2.76. The Hall–Kier alpha value is -0.910. The second-order valence-electron chi connectivity index (χ2n) is 2.76. The summed E-state index contributed by atoms with van der Waals surface area (Å²) in [4.78, 5) is 11.2. The molecule has 0 saturated carbocycles. The maximum atomic E-state index is 11.2. The van der Waals surface area contributed by atoms with Crippen LogP contribution < -0.4 is 11.1 Å². The van der Waals surface area contributed by atoms with Gasteiger partial charge in [-0.05, 0) is 6.42 Å². The van der Waals surface area contributed by atoms with Gasteiger partial charge in [-0.25, -0.2) is 0 Å². The Balaban J connectivity index is 3.38. The summed E-state index contributed by atoms with van der Waals surface area (Å²) in [6.07, 6.45) is 2.07. The van der Waals surface area contributed by atoms with Crippen LogP contribution in [0.5, 0.6) is 0 Å². The lowest BCUT2D eigenvalue weighted by molar-refractivity contribution is -0.122. The summed E-state index contributed by atoms with van der Waals surface area (Å²) in [5.41, 5.74) is 5.50. The Morgan fingerprint density at radius 2 is 2.36 bits per heavy atom. The largest absolute Gasteiger partial charge is 0.394 e. The minimum Gasteiger partial charge on any atom is -0.394 e. The average molecular weight is 202 g/mol. The smallest absolute Gasteiger partial charge is 0.237 e. The molecular formula is C9H18N2O3. The van der Waals surface area contributed by atoms with Crippen molar-refractivity contribution in [1.29, 1.82) is 0 Å². The molecule has 14 heavy (non-hydrogen) atoms. The maximum absolute atomic E-state index is 11.2. The zero-order chi connectivity index (χ0) is 10.8. The first-order valence-corrected chi connectivity index (χ1v) is 4.55. The number of carbonyl (C=O) groups excluding carboxylic acids is 1. The zero-order valence-corrected chi connectivity index (χ0v) is 8.24. The molecule has 5 nitrogen and oxygen atoms in total. The standard InChI is InChI=1S/C9H18N2O3/c1-2-3-8(10)9(13)11-4-6-14-7-5-12/h2,8,12H,1,3-7,10H2,(H,11,13). The molecule has 0 bridgehead atoms. The molecule has 0 spiro atoms. The van der Waals surface area contributed by atoms with Crippen LogP contribution in [0.1, 0.15) is 6.42 Å². The van der Waals surface area contributed by atoms with Crippen LogP contribution in [-0.4, -0.2) is 43.4 Å². The number of carbonyl (C=O) groups is 1. The molecule has 0 heterocycles. The Morgan fingerprint density at radius 3 is 2.93 bits per heavy atom. The second kappa shape index (κ2) is 8.68. The lowest BCUT2D eigenvalue weighted by Crippen LogP contribution is -2.41. The van der Waals surface area contributed by atoms with Gasteiger partial charge in [0.1, 0.15) is 0 Å². The van der Waals surface area contributed by atoms with Crippen molar-refractivity contribution in [3.8, 4) is 0 Å². The molecule has 0 fully saturated rings. The number of hydrogen-bond donors (Lipinski definition) is 3. The van der Waals surface area contributed by atoms with E-state index in [0.29, 0.717) is 19.6 Å². The Labute approximate surface area is 83.9 Å². The molecule has 1 atom stereocenters. The topological polar surface area (TPSA) is 84.6 Å². The molecule has 0 aliphatic rings. The van der Waals surface area contributed by atoms with Gasteiger partial charge in [0.25, 0.3) is 0 Å². The van der Waals surface area contributed by atoms with Gasteiger partial charge in [-0.3, -0.25) is 4.79 Å². The molecule has 0 radical (unpaired) electrons. The average Bonchev–Trinajstić information content (AvgIpc) is 2.17. The summed E-state index contributed by atoms with van der Waals surface area (Å²) in [5, 5.41) is 11.0. The molecule has 82 valence electrons. The van der Waals surface area contributed by atoms with Crippen LogP contribution in [-0.2, 0) is 9.53 Å². The SMILES string of the molecule is C=CCC(N)C(=O)NCCOCCO. The molecule has 0 rings (SSSR count). The Morgan fingerprint density at radius 1 is 1.64 bits per heavy atom. The van der Waals surface area contributed by atoms with Crippen molar-refractivity contribution in [1.82, 2.24) is 5.32 Å².